The average molecular weight is 453 g/mol. The highest BCUT2D eigenvalue weighted by atomic mass is 16.5. The third kappa shape index (κ3) is 4.76. The summed E-state index contributed by atoms with van der Waals surface area (Å²) in [5.74, 6) is 3.08. The Morgan fingerprint density at radius 3 is 1.41 bits per heavy atom. The van der Waals surface area contributed by atoms with Crippen molar-refractivity contribution < 1.29 is 18.9 Å². The number of rotatable bonds is 8. The molecule has 34 heavy (non-hydrogen) atoms. The van der Waals surface area contributed by atoms with E-state index in [-0.39, 0.29) is 0 Å². The van der Waals surface area contributed by atoms with Gasteiger partial charge in [0.25, 0.3) is 0 Å². The molecule has 0 N–H and O–H groups in total. The van der Waals surface area contributed by atoms with Crippen LogP contribution in [0.1, 0.15) is 22.3 Å². The van der Waals surface area contributed by atoms with Gasteiger partial charge in [-0.25, -0.2) is 0 Å². The topological polar surface area (TPSA) is 36.9 Å². The SMILES string of the molecule is COc1ccc(/C(=C(/c2ccc(OC)cc2)c2ccc(OC)cc2OC)c2ccccc2)cc1. The molecule has 0 aliphatic rings. The van der Waals surface area contributed by atoms with Crippen LogP contribution in [0.5, 0.6) is 23.0 Å². The molecule has 4 aromatic carbocycles. The Morgan fingerprint density at radius 1 is 0.441 bits per heavy atom. The summed E-state index contributed by atoms with van der Waals surface area (Å²) in [6, 6.07) is 32.5. The monoisotopic (exact) mass is 452 g/mol. The lowest BCUT2D eigenvalue weighted by molar-refractivity contribution is 0.393. The third-order valence-corrected chi connectivity index (χ3v) is 5.75. The number of ether oxygens (including phenoxy) is 4. The van der Waals surface area contributed by atoms with E-state index in [4.69, 9.17) is 18.9 Å². The van der Waals surface area contributed by atoms with Crippen LogP contribution in [0.4, 0.5) is 0 Å². The molecule has 0 spiro atoms. The van der Waals surface area contributed by atoms with E-state index in [1.54, 1.807) is 28.4 Å². The van der Waals surface area contributed by atoms with E-state index < -0.39 is 0 Å². The van der Waals surface area contributed by atoms with E-state index in [0.29, 0.717) is 0 Å². The van der Waals surface area contributed by atoms with Crippen molar-refractivity contribution in [3.8, 4) is 23.0 Å². The highest BCUT2D eigenvalue weighted by Gasteiger charge is 2.20. The van der Waals surface area contributed by atoms with Gasteiger partial charge in [-0.2, -0.15) is 0 Å². The smallest absolute Gasteiger partial charge is 0.130 e. The van der Waals surface area contributed by atoms with Crippen LogP contribution < -0.4 is 18.9 Å². The lowest BCUT2D eigenvalue weighted by Crippen LogP contribution is -2.00. The van der Waals surface area contributed by atoms with Gasteiger partial charge in [0.15, 0.2) is 0 Å². The molecule has 0 bridgehead atoms. The first-order chi connectivity index (χ1) is 16.7. The summed E-state index contributed by atoms with van der Waals surface area (Å²) >= 11 is 0. The second-order valence-corrected chi connectivity index (χ2v) is 7.64. The van der Waals surface area contributed by atoms with Gasteiger partial charge < -0.3 is 18.9 Å². The molecule has 4 aromatic rings. The molecular formula is C30H28O4. The fraction of sp³-hybridized carbons (Fsp3) is 0.133. The van der Waals surface area contributed by atoms with Crippen molar-refractivity contribution in [3.63, 3.8) is 0 Å². The zero-order valence-corrected chi connectivity index (χ0v) is 19.9. The van der Waals surface area contributed by atoms with Crippen molar-refractivity contribution in [1.29, 1.82) is 0 Å². The Bertz CT molecular complexity index is 1260. The Morgan fingerprint density at radius 2 is 0.912 bits per heavy atom. The average Bonchev–Trinajstić information content (AvgIpc) is 2.92. The number of hydrogen-bond acceptors (Lipinski definition) is 4. The van der Waals surface area contributed by atoms with Gasteiger partial charge in [0.1, 0.15) is 23.0 Å². The summed E-state index contributed by atoms with van der Waals surface area (Å²) in [6.45, 7) is 0. The first-order valence-corrected chi connectivity index (χ1v) is 11.0. The highest BCUT2D eigenvalue weighted by molar-refractivity contribution is 6.05. The largest absolute Gasteiger partial charge is 0.497 e. The maximum Gasteiger partial charge on any atom is 0.130 e. The molecule has 4 heteroatoms. The molecule has 4 rings (SSSR count). The number of methoxy groups -OCH3 is 4. The van der Waals surface area contributed by atoms with Crippen molar-refractivity contribution in [1.82, 2.24) is 0 Å². The Kier molecular flexibility index (Phi) is 7.19. The van der Waals surface area contributed by atoms with Gasteiger partial charge in [0.05, 0.1) is 28.4 Å². The fourth-order valence-corrected chi connectivity index (χ4v) is 4.02. The van der Waals surface area contributed by atoms with E-state index in [0.717, 1.165) is 56.4 Å². The van der Waals surface area contributed by atoms with Crippen LogP contribution in [0.3, 0.4) is 0 Å². The van der Waals surface area contributed by atoms with Gasteiger partial charge in [-0.15, -0.1) is 0 Å². The van der Waals surface area contributed by atoms with Crippen LogP contribution in [0.15, 0.2) is 97.1 Å². The molecule has 0 saturated carbocycles. The van der Waals surface area contributed by atoms with E-state index >= 15 is 0 Å². The second-order valence-electron chi connectivity index (χ2n) is 7.64. The minimum atomic E-state index is 0.729. The Balaban J connectivity index is 2.09. The zero-order chi connectivity index (χ0) is 23.9. The van der Waals surface area contributed by atoms with Gasteiger partial charge in [-0.05, 0) is 58.7 Å². The summed E-state index contributed by atoms with van der Waals surface area (Å²) in [5.41, 5.74) is 6.28. The number of benzene rings is 4. The van der Waals surface area contributed by atoms with Gasteiger partial charge in [-0.3, -0.25) is 0 Å². The molecule has 0 amide bonds. The molecule has 172 valence electrons. The maximum absolute atomic E-state index is 5.83. The van der Waals surface area contributed by atoms with Crippen molar-refractivity contribution in [2.75, 3.05) is 28.4 Å². The molecule has 0 radical (unpaired) electrons. The van der Waals surface area contributed by atoms with Crippen LogP contribution in [0.25, 0.3) is 11.1 Å². The molecule has 0 atom stereocenters. The number of hydrogen-bond donors (Lipinski definition) is 0. The van der Waals surface area contributed by atoms with E-state index in [2.05, 4.69) is 48.5 Å². The first-order valence-electron chi connectivity index (χ1n) is 11.0. The normalized spacial score (nSPS) is 11.4. The molecule has 0 aliphatic heterocycles. The molecule has 0 aromatic heterocycles. The van der Waals surface area contributed by atoms with E-state index in [1.807, 2.05) is 48.5 Å². The summed E-state index contributed by atoms with van der Waals surface area (Å²) in [4.78, 5) is 0. The van der Waals surface area contributed by atoms with Gasteiger partial charge in [0, 0.05) is 17.2 Å². The van der Waals surface area contributed by atoms with Crippen molar-refractivity contribution in [3.05, 3.63) is 119 Å². The lowest BCUT2D eigenvalue weighted by atomic mass is 9.85. The Hall–Kier alpha value is -4.18. The minimum absolute atomic E-state index is 0.729. The molecule has 0 aliphatic carbocycles. The van der Waals surface area contributed by atoms with Crippen LogP contribution >= 0.6 is 0 Å². The Labute approximate surface area is 201 Å². The molecule has 0 unspecified atom stereocenters. The first kappa shape index (κ1) is 23.0. The summed E-state index contributed by atoms with van der Waals surface area (Å²) in [6.07, 6.45) is 0. The molecular weight excluding hydrogens is 424 g/mol. The van der Waals surface area contributed by atoms with Gasteiger partial charge in [0.2, 0.25) is 0 Å². The highest BCUT2D eigenvalue weighted by Crippen LogP contribution is 2.42. The molecule has 0 saturated heterocycles. The standard InChI is InChI=1S/C30H28O4/c1-31-24-14-10-22(11-15-24)29(21-8-6-5-7-9-21)30(23-12-16-25(32-2)17-13-23)27-19-18-26(33-3)20-28(27)34-4/h5-20H,1-4H3/b30-29-. The van der Waals surface area contributed by atoms with Crippen molar-refractivity contribution in [2.24, 2.45) is 0 Å². The van der Waals surface area contributed by atoms with Crippen LogP contribution in [0, 0.1) is 0 Å². The van der Waals surface area contributed by atoms with Crippen LogP contribution in [0.2, 0.25) is 0 Å². The lowest BCUT2D eigenvalue weighted by Gasteiger charge is -2.20. The van der Waals surface area contributed by atoms with E-state index in [9.17, 15) is 0 Å². The molecule has 0 fully saturated rings. The fourth-order valence-electron chi connectivity index (χ4n) is 4.02. The van der Waals surface area contributed by atoms with Crippen LogP contribution in [-0.4, -0.2) is 28.4 Å². The van der Waals surface area contributed by atoms with Crippen molar-refractivity contribution in [2.45, 2.75) is 0 Å². The van der Waals surface area contributed by atoms with Crippen LogP contribution in [-0.2, 0) is 0 Å². The predicted octanol–water partition coefficient (Wildman–Crippen LogP) is 6.73. The van der Waals surface area contributed by atoms with E-state index in [1.165, 1.54) is 0 Å². The van der Waals surface area contributed by atoms with Gasteiger partial charge >= 0.3 is 0 Å². The van der Waals surface area contributed by atoms with Crippen molar-refractivity contribution >= 4 is 11.1 Å². The summed E-state index contributed by atoms with van der Waals surface area (Å²) in [7, 11) is 6.68. The zero-order valence-electron chi connectivity index (χ0n) is 19.9. The van der Waals surface area contributed by atoms with Gasteiger partial charge in [-0.1, -0.05) is 54.6 Å². The quantitative estimate of drug-likeness (QED) is 0.278. The molecule has 0 heterocycles. The maximum atomic E-state index is 5.83. The summed E-state index contributed by atoms with van der Waals surface area (Å²) < 4.78 is 22.1. The predicted molar refractivity (Wildman–Crippen MR) is 137 cm³/mol. The minimum Gasteiger partial charge on any atom is -0.497 e. The summed E-state index contributed by atoms with van der Waals surface area (Å²) in [5, 5.41) is 0. The third-order valence-electron chi connectivity index (χ3n) is 5.75. The molecule has 4 nitrogen and oxygen atoms in total. The second kappa shape index (κ2) is 10.6.